The van der Waals surface area contributed by atoms with E-state index in [1.165, 1.54) is 18.1 Å². The summed E-state index contributed by atoms with van der Waals surface area (Å²) in [5.41, 5.74) is 6.16. The fraction of sp³-hybridized carbons (Fsp3) is 0.500. The van der Waals surface area contributed by atoms with Gasteiger partial charge in [-0.1, -0.05) is 6.07 Å². The van der Waals surface area contributed by atoms with Gasteiger partial charge in [0.05, 0.1) is 13.7 Å². The zero-order valence-corrected chi connectivity index (χ0v) is 14.2. The fourth-order valence-corrected chi connectivity index (χ4v) is 2.42. The molecule has 1 aliphatic heterocycles. The van der Waals surface area contributed by atoms with Crippen molar-refractivity contribution in [1.29, 1.82) is 0 Å². The predicted octanol–water partition coefficient (Wildman–Crippen LogP) is 1.02. The number of hydrogen-bond donors (Lipinski definition) is 1. The van der Waals surface area contributed by atoms with E-state index < -0.39 is 29.6 Å². The molecule has 2 N–H and O–H groups in total. The molecule has 1 aromatic rings. The first kappa shape index (κ1) is 17.7. The van der Waals surface area contributed by atoms with Crippen LogP contribution in [0.15, 0.2) is 12.1 Å². The largest absolute Gasteiger partial charge is 0.464 e. The van der Waals surface area contributed by atoms with Gasteiger partial charge in [0, 0.05) is 12.1 Å². The molecule has 0 saturated heterocycles. The van der Waals surface area contributed by atoms with Crippen LogP contribution in [0, 0.1) is 0 Å². The lowest BCUT2D eigenvalue weighted by molar-refractivity contribution is -0.123. The summed E-state index contributed by atoms with van der Waals surface area (Å²) < 4.78 is 9.97. The third-order valence-electron chi connectivity index (χ3n) is 3.52. The normalized spacial score (nSPS) is 17.0. The molecule has 2 heterocycles. The first-order valence-corrected chi connectivity index (χ1v) is 7.48. The molecule has 0 saturated carbocycles. The molecule has 24 heavy (non-hydrogen) atoms. The minimum absolute atomic E-state index is 0.120. The third-order valence-corrected chi connectivity index (χ3v) is 3.52. The summed E-state index contributed by atoms with van der Waals surface area (Å²) in [6.07, 6.45) is -0.497. The highest BCUT2D eigenvalue weighted by Gasteiger charge is 2.36. The molecule has 1 unspecified atom stereocenters. The molecule has 0 spiro atoms. The third kappa shape index (κ3) is 3.81. The molecule has 1 aromatic heterocycles. The summed E-state index contributed by atoms with van der Waals surface area (Å²) in [5, 5.41) is 0. The minimum Gasteiger partial charge on any atom is -0.464 e. The number of fused-ring (bicyclic) bond motifs is 1. The van der Waals surface area contributed by atoms with Crippen LogP contribution in [0.2, 0.25) is 0 Å². The van der Waals surface area contributed by atoms with Gasteiger partial charge < -0.3 is 15.2 Å². The zero-order chi connectivity index (χ0) is 18.1. The highest BCUT2D eigenvalue weighted by atomic mass is 16.6. The maximum Gasteiger partial charge on any atom is 0.411 e. The van der Waals surface area contributed by atoms with Crippen LogP contribution < -0.4 is 5.73 Å². The Morgan fingerprint density at radius 1 is 1.29 bits per heavy atom. The molecule has 0 aromatic carbocycles. The van der Waals surface area contributed by atoms with E-state index in [1.54, 1.807) is 26.8 Å². The second-order valence-electron chi connectivity index (χ2n) is 6.52. The number of methoxy groups -OCH3 is 1. The van der Waals surface area contributed by atoms with Crippen molar-refractivity contribution in [2.75, 3.05) is 7.11 Å². The summed E-state index contributed by atoms with van der Waals surface area (Å²) in [4.78, 5) is 41.2. The molecule has 8 nitrogen and oxygen atoms in total. The number of rotatable bonds is 2. The van der Waals surface area contributed by atoms with Crippen LogP contribution in [-0.4, -0.2) is 46.6 Å². The zero-order valence-electron chi connectivity index (χ0n) is 14.2. The summed E-state index contributed by atoms with van der Waals surface area (Å²) in [6, 6.07) is 2.32. The van der Waals surface area contributed by atoms with Gasteiger partial charge in [0.2, 0.25) is 5.91 Å². The Morgan fingerprint density at radius 3 is 2.50 bits per heavy atom. The van der Waals surface area contributed by atoms with Crippen molar-refractivity contribution in [2.45, 2.75) is 45.4 Å². The first-order chi connectivity index (χ1) is 11.1. The lowest BCUT2D eigenvalue weighted by atomic mass is 9.98. The van der Waals surface area contributed by atoms with Crippen molar-refractivity contribution in [3.05, 3.63) is 29.1 Å². The molecule has 0 fully saturated rings. The van der Waals surface area contributed by atoms with Crippen molar-refractivity contribution < 1.29 is 23.9 Å². The number of carbonyl (C=O) groups is 3. The second kappa shape index (κ2) is 6.46. The van der Waals surface area contributed by atoms with Crippen molar-refractivity contribution in [3.63, 3.8) is 0 Å². The van der Waals surface area contributed by atoms with Crippen LogP contribution >= 0.6 is 0 Å². The van der Waals surface area contributed by atoms with Crippen molar-refractivity contribution >= 4 is 18.0 Å². The maximum absolute atomic E-state index is 12.4. The number of ether oxygens (including phenoxy) is 2. The summed E-state index contributed by atoms with van der Waals surface area (Å²) in [7, 11) is 1.26. The highest BCUT2D eigenvalue weighted by molar-refractivity contribution is 5.88. The van der Waals surface area contributed by atoms with E-state index in [9.17, 15) is 14.4 Å². The van der Waals surface area contributed by atoms with Crippen LogP contribution in [-0.2, 0) is 27.2 Å². The van der Waals surface area contributed by atoms with E-state index >= 15 is 0 Å². The molecule has 0 bridgehead atoms. The Bertz CT molecular complexity index is 681. The minimum atomic E-state index is -0.882. The van der Waals surface area contributed by atoms with Crippen molar-refractivity contribution in [1.82, 2.24) is 9.88 Å². The van der Waals surface area contributed by atoms with Crippen molar-refractivity contribution in [3.8, 4) is 0 Å². The van der Waals surface area contributed by atoms with Gasteiger partial charge in [-0.3, -0.25) is 9.69 Å². The van der Waals surface area contributed by atoms with Gasteiger partial charge in [0.25, 0.3) is 0 Å². The Kier molecular flexibility index (Phi) is 4.77. The lowest BCUT2D eigenvalue weighted by Crippen LogP contribution is -2.52. The van der Waals surface area contributed by atoms with Crippen LogP contribution in [0.5, 0.6) is 0 Å². The highest BCUT2D eigenvalue weighted by Crippen LogP contribution is 2.24. The average molecular weight is 335 g/mol. The average Bonchev–Trinajstić information content (AvgIpc) is 2.50. The number of pyridine rings is 1. The van der Waals surface area contributed by atoms with E-state index in [2.05, 4.69) is 9.72 Å². The van der Waals surface area contributed by atoms with Crippen LogP contribution in [0.4, 0.5) is 4.79 Å². The molecule has 2 amide bonds. The predicted molar refractivity (Wildman–Crippen MR) is 84.0 cm³/mol. The number of amides is 2. The van der Waals surface area contributed by atoms with Gasteiger partial charge in [0.1, 0.15) is 17.3 Å². The number of esters is 1. The number of primary amides is 1. The standard InChI is InChI=1S/C16H21N3O5/c1-16(2,3)24-15(22)19-8-9-5-6-10(14(21)23-4)18-11(9)7-12(19)13(17)20/h5-6,12H,7-8H2,1-4H3,(H2,17,20). The Morgan fingerprint density at radius 2 is 1.96 bits per heavy atom. The molecule has 130 valence electrons. The van der Waals surface area contributed by atoms with Gasteiger partial charge in [-0.25, -0.2) is 14.6 Å². The Labute approximate surface area is 139 Å². The monoisotopic (exact) mass is 335 g/mol. The quantitative estimate of drug-likeness (QED) is 0.807. The molecule has 8 heteroatoms. The summed E-state index contributed by atoms with van der Waals surface area (Å²) >= 11 is 0. The molecular weight excluding hydrogens is 314 g/mol. The van der Waals surface area contributed by atoms with E-state index in [1.807, 2.05) is 0 Å². The van der Waals surface area contributed by atoms with Gasteiger partial charge in [0.15, 0.2) is 0 Å². The SMILES string of the molecule is COC(=O)c1ccc2c(n1)CC(C(N)=O)N(C(=O)OC(C)(C)C)C2. The number of carbonyl (C=O) groups excluding carboxylic acids is 3. The second-order valence-corrected chi connectivity index (χ2v) is 6.52. The lowest BCUT2D eigenvalue weighted by Gasteiger charge is -2.35. The number of nitrogens with two attached hydrogens (primary N) is 1. The molecule has 1 aliphatic rings. The van der Waals surface area contributed by atoms with E-state index in [0.29, 0.717) is 5.69 Å². The van der Waals surface area contributed by atoms with Crippen molar-refractivity contribution in [2.24, 2.45) is 5.73 Å². The topological polar surface area (TPSA) is 112 Å². The Balaban J connectivity index is 2.32. The van der Waals surface area contributed by atoms with Crippen LogP contribution in [0.3, 0.4) is 0 Å². The smallest absolute Gasteiger partial charge is 0.411 e. The van der Waals surface area contributed by atoms with Gasteiger partial charge in [-0.05, 0) is 32.4 Å². The number of hydrogen-bond acceptors (Lipinski definition) is 6. The molecule has 1 atom stereocenters. The first-order valence-electron chi connectivity index (χ1n) is 7.48. The molecule has 0 radical (unpaired) electrons. The summed E-state index contributed by atoms with van der Waals surface area (Å²) in [5.74, 6) is -1.22. The van der Waals surface area contributed by atoms with E-state index in [-0.39, 0.29) is 18.7 Å². The van der Waals surface area contributed by atoms with Gasteiger partial charge in [-0.2, -0.15) is 0 Å². The number of aromatic nitrogens is 1. The van der Waals surface area contributed by atoms with Crippen LogP contribution in [0.25, 0.3) is 0 Å². The van der Waals surface area contributed by atoms with Gasteiger partial charge >= 0.3 is 12.1 Å². The van der Waals surface area contributed by atoms with Crippen LogP contribution in [0.1, 0.15) is 42.5 Å². The van der Waals surface area contributed by atoms with E-state index in [0.717, 1.165) is 5.56 Å². The van der Waals surface area contributed by atoms with Gasteiger partial charge in [-0.15, -0.1) is 0 Å². The fourth-order valence-electron chi connectivity index (χ4n) is 2.42. The van der Waals surface area contributed by atoms with E-state index in [4.69, 9.17) is 10.5 Å². The number of nitrogens with zero attached hydrogens (tertiary/aromatic N) is 2. The molecular formula is C16H21N3O5. The summed E-state index contributed by atoms with van der Waals surface area (Å²) in [6.45, 7) is 5.36. The Hall–Kier alpha value is -2.64. The maximum atomic E-state index is 12.4. The molecule has 2 rings (SSSR count). The molecule has 0 aliphatic carbocycles.